The minimum Gasteiger partial charge on any atom is -0.496 e. The second-order valence-corrected chi connectivity index (χ2v) is 12.6. The van der Waals surface area contributed by atoms with Crippen LogP contribution < -0.4 is 14.9 Å². The van der Waals surface area contributed by atoms with E-state index in [0.717, 1.165) is 14.5 Å². The number of H-pyrrole nitrogens is 1. The van der Waals surface area contributed by atoms with Crippen LogP contribution in [0.3, 0.4) is 0 Å². The van der Waals surface area contributed by atoms with Gasteiger partial charge in [0.15, 0.2) is 5.75 Å². The van der Waals surface area contributed by atoms with Crippen molar-refractivity contribution in [3.63, 3.8) is 0 Å². The average Bonchev–Trinajstić information content (AvgIpc) is 3.33. The number of carbonyl (C=O) groups is 2. The fraction of sp³-hybridized carbons (Fsp3) is 0.0333. The fourth-order valence-electron chi connectivity index (χ4n) is 4.27. The van der Waals surface area contributed by atoms with Gasteiger partial charge in [-0.1, -0.05) is 57.3 Å². The Morgan fingerprint density at radius 2 is 1.81 bits per heavy atom. The van der Waals surface area contributed by atoms with E-state index in [4.69, 9.17) is 32.7 Å². The SMILES string of the molecule is COc1ccc(Cl)cc1C(=O)Oc1c(Br)cc(Br)cc1C=NNC(=O)c1[nH]c2ccc(I)cc2c1-c1ccccc1Cl. The zero-order valence-corrected chi connectivity index (χ0v) is 28.3. The highest BCUT2D eigenvalue weighted by atomic mass is 127. The van der Waals surface area contributed by atoms with Gasteiger partial charge in [0.2, 0.25) is 0 Å². The lowest BCUT2D eigenvalue weighted by Gasteiger charge is -2.12. The molecule has 0 atom stereocenters. The van der Waals surface area contributed by atoms with Crippen molar-refractivity contribution in [2.45, 2.75) is 0 Å². The number of amides is 1. The van der Waals surface area contributed by atoms with E-state index in [-0.39, 0.29) is 11.3 Å². The highest BCUT2D eigenvalue weighted by Crippen LogP contribution is 2.37. The normalized spacial score (nSPS) is 11.2. The number of fused-ring (bicyclic) bond motifs is 1. The van der Waals surface area contributed by atoms with E-state index in [0.29, 0.717) is 47.1 Å². The van der Waals surface area contributed by atoms with Gasteiger partial charge in [0.25, 0.3) is 5.91 Å². The molecule has 212 valence electrons. The van der Waals surface area contributed by atoms with E-state index in [1.54, 1.807) is 30.3 Å². The number of rotatable bonds is 7. The number of aromatic nitrogens is 1. The van der Waals surface area contributed by atoms with Gasteiger partial charge in [0.05, 0.1) is 17.8 Å². The molecule has 0 bridgehead atoms. The molecule has 0 spiro atoms. The summed E-state index contributed by atoms with van der Waals surface area (Å²) in [6.07, 6.45) is 1.38. The molecule has 0 aliphatic carbocycles. The first-order valence-corrected chi connectivity index (χ1v) is 15.5. The first-order valence-electron chi connectivity index (χ1n) is 12.1. The molecular formula is C30H18Br2Cl2IN3O4. The third-order valence-electron chi connectivity index (χ3n) is 6.11. The molecule has 5 aromatic rings. The molecule has 0 saturated heterocycles. The number of ether oxygens (including phenoxy) is 2. The number of halogens is 5. The Kier molecular flexibility index (Phi) is 9.58. The van der Waals surface area contributed by atoms with Crippen LogP contribution in [-0.2, 0) is 0 Å². The van der Waals surface area contributed by atoms with Crippen molar-refractivity contribution in [2.75, 3.05) is 7.11 Å². The molecule has 0 fully saturated rings. The maximum Gasteiger partial charge on any atom is 0.347 e. The van der Waals surface area contributed by atoms with Gasteiger partial charge in [-0.3, -0.25) is 4.79 Å². The van der Waals surface area contributed by atoms with Gasteiger partial charge < -0.3 is 14.5 Å². The number of hydrogen-bond donors (Lipinski definition) is 2. The summed E-state index contributed by atoms with van der Waals surface area (Å²) in [5.74, 6) is -0.681. The molecule has 42 heavy (non-hydrogen) atoms. The van der Waals surface area contributed by atoms with E-state index in [1.165, 1.54) is 19.4 Å². The van der Waals surface area contributed by atoms with Crippen LogP contribution in [0.5, 0.6) is 11.5 Å². The monoisotopic (exact) mass is 839 g/mol. The molecule has 1 aromatic heterocycles. The van der Waals surface area contributed by atoms with Crippen LogP contribution in [0.25, 0.3) is 22.0 Å². The summed E-state index contributed by atoms with van der Waals surface area (Å²) in [6, 6.07) is 21.2. The lowest BCUT2D eigenvalue weighted by atomic mass is 10.0. The van der Waals surface area contributed by atoms with Gasteiger partial charge in [-0.15, -0.1) is 0 Å². The molecule has 2 N–H and O–H groups in total. The Hall–Kier alpha value is -2.90. The van der Waals surface area contributed by atoms with Crippen molar-refractivity contribution >= 4 is 107 Å². The summed E-state index contributed by atoms with van der Waals surface area (Å²) >= 11 is 21.7. The highest BCUT2D eigenvalue weighted by molar-refractivity contribution is 14.1. The first-order chi connectivity index (χ1) is 20.2. The third-order valence-corrected chi connectivity index (χ3v) is 8.40. The molecule has 0 saturated carbocycles. The minimum atomic E-state index is -0.687. The topological polar surface area (TPSA) is 92.8 Å². The molecule has 4 aromatic carbocycles. The van der Waals surface area contributed by atoms with Crippen molar-refractivity contribution in [3.05, 3.63) is 112 Å². The van der Waals surface area contributed by atoms with E-state index in [1.807, 2.05) is 36.4 Å². The van der Waals surface area contributed by atoms with Gasteiger partial charge in [-0.2, -0.15) is 5.10 Å². The minimum absolute atomic E-state index is 0.150. The number of benzene rings is 4. The van der Waals surface area contributed by atoms with Crippen LogP contribution >= 0.6 is 77.7 Å². The van der Waals surface area contributed by atoms with Crippen molar-refractivity contribution in [1.29, 1.82) is 0 Å². The lowest BCUT2D eigenvalue weighted by molar-refractivity contribution is 0.0729. The Bertz CT molecular complexity index is 1890. The molecule has 0 radical (unpaired) electrons. The van der Waals surface area contributed by atoms with E-state index >= 15 is 0 Å². The molecule has 0 aliphatic heterocycles. The van der Waals surface area contributed by atoms with Crippen molar-refractivity contribution in [2.24, 2.45) is 5.10 Å². The number of methoxy groups -OCH3 is 1. The average molecular weight is 842 g/mol. The molecular weight excluding hydrogens is 824 g/mol. The summed E-state index contributed by atoms with van der Waals surface area (Å²) in [7, 11) is 1.45. The Morgan fingerprint density at radius 1 is 1.02 bits per heavy atom. The largest absolute Gasteiger partial charge is 0.496 e. The zero-order valence-electron chi connectivity index (χ0n) is 21.5. The summed E-state index contributed by atoms with van der Waals surface area (Å²) in [5, 5.41) is 5.89. The van der Waals surface area contributed by atoms with Gasteiger partial charge in [0, 0.05) is 45.7 Å². The van der Waals surface area contributed by atoms with Crippen LogP contribution in [0.15, 0.2) is 86.8 Å². The molecule has 0 unspecified atom stereocenters. The van der Waals surface area contributed by atoms with Gasteiger partial charge in [-0.25, -0.2) is 10.2 Å². The van der Waals surface area contributed by atoms with Gasteiger partial charge >= 0.3 is 5.97 Å². The third kappa shape index (κ3) is 6.52. The number of hydrazone groups is 1. The molecule has 1 amide bonds. The smallest absolute Gasteiger partial charge is 0.347 e. The summed E-state index contributed by atoms with van der Waals surface area (Å²) in [5.41, 5.74) is 5.58. The van der Waals surface area contributed by atoms with Gasteiger partial charge in [0.1, 0.15) is 17.0 Å². The molecule has 0 aliphatic rings. The summed E-state index contributed by atoms with van der Waals surface area (Å²) < 4.78 is 13.2. The van der Waals surface area contributed by atoms with Crippen LogP contribution in [0.4, 0.5) is 0 Å². The first kappa shape index (κ1) is 30.6. The maximum atomic E-state index is 13.4. The Morgan fingerprint density at radius 3 is 2.57 bits per heavy atom. The van der Waals surface area contributed by atoms with Crippen molar-refractivity contribution in [3.8, 4) is 22.6 Å². The molecule has 7 nitrogen and oxygen atoms in total. The summed E-state index contributed by atoms with van der Waals surface area (Å²) in [4.78, 5) is 29.7. The molecule has 1 heterocycles. The highest BCUT2D eigenvalue weighted by Gasteiger charge is 2.22. The lowest BCUT2D eigenvalue weighted by Crippen LogP contribution is -2.19. The summed E-state index contributed by atoms with van der Waals surface area (Å²) in [6.45, 7) is 0. The van der Waals surface area contributed by atoms with Crippen LogP contribution in [-0.4, -0.2) is 30.2 Å². The number of nitrogens with zero attached hydrogens (tertiary/aromatic N) is 1. The number of hydrogen-bond acceptors (Lipinski definition) is 5. The predicted octanol–water partition coefficient (Wildman–Crippen LogP) is 9.26. The number of aromatic amines is 1. The van der Waals surface area contributed by atoms with Crippen molar-refractivity contribution < 1.29 is 19.1 Å². The second-order valence-electron chi connectivity index (χ2n) is 8.78. The Balaban J connectivity index is 1.46. The van der Waals surface area contributed by atoms with E-state index in [2.05, 4.69) is 70.0 Å². The van der Waals surface area contributed by atoms with Crippen LogP contribution in [0.2, 0.25) is 10.0 Å². The maximum absolute atomic E-state index is 13.4. The fourth-order valence-corrected chi connectivity index (χ4v) is 6.50. The standard InChI is InChI=1S/C30H18Br2Cl2IN3O4/c1-41-25-9-6-17(33)12-21(25)30(40)42-28-15(10-16(31)11-22(28)32)14-36-38-29(39)27-26(19-4-2-3-5-23(19)34)20-13-18(35)7-8-24(20)37-27/h2-14,37H,1H3,(H,38,39). The van der Waals surface area contributed by atoms with Crippen LogP contribution in [0, 0.1) is 3.57 Å². The Labute approximate surface area is 281 Å². The van der Waals surface area contributed by atoms with E-state index in [9.17, 15) is 9.59 Å². The molecule has 12 heteroatoms. The second kappa shape index (κ2) is 13.2. The van der Waals surface area contributed by atoms with Gasteiger partial charge in [-0.05, 0) is 93.1 Å². The predicted molar refractivity (Wildman–Crippen MR) is 181 cm³/mol. The molecule has 5 rings (SSSR count). The van der Waals surface area contributed by atoms with E-state index < -0.39 is 11.9 Å². The zero-order chi connectivity index (χ0) is 30.0. The quantitative estimate of drug-likeness (QED) is 0.0562. The number of esters is 1. The van der Waals surface area contributed by atoms with Crippen LogP contribution in [0.1, 0.15) is 26.4 Å². The number of carbonyl (C=O) groups excluding carboxylic acids is 2. The van der Waals surface area contributed by atoms with Crippen molar-refractivity contribution in [1.82, 2.24) is 10.4 Å². The number of nitrogens with one attached hydrogen (secondary N) is 2.